The molecule has 20 heavy (non-hydrogen) atoms. The largest absolute Gasteiger partial charge is 0.489 e. The fourth-order valence-electron chi connectivity index (χ4n) is 2.93. The minimum atomic E-state index is 0.191. The van der Waals surface area contributed by atoms with Crippen LogP contribution >= 0.6 is 0 Å². The van der Waals surface area contributed by atoms with Gasteiger partial charge in [0.05, 0.1) is 11.7 Å². The van der Waals surface area contributed by atoms with Crippen LogP contribution < -0.4 is 10.1 Å². The highest BCUT2D eigenvalue weighted by molar-refractivity contribution is 5.85. The first-order chi connectivity index (χ1) is 9.83. The lowest BCUT2D eigenvalue weighted by molar-refractivity contribution is 0.287. The van der Waals surface area contributed by atoms with Gasteiger partial charge in [-0.05, 0) is 18.2 Å². The molecule has 100 valence electrons. The van der Waals surface area contributed by atoms with Gasteiger partial charge in [-0.15, -0.1) is 0 Å². The molecule has 1 atom stereocenters. The van der Waals surface area contributed by atoms with E-state index >= 15 is 0 Å². The number of nitrogens with zero attached hydrogens (tertiary/aromatic N) is 1. The molecule has 0 bridgehead atoms. The first-order valence-electron chi connectivity index (χ1n) is 6.85. The Morgan fingerprint density at radius 3 is 2.85 bits per heavy atom. The van der Waals surface area contributed by atoms with E-state index in [1.165, 1.54) is 16.5 Å². The summed E-state index contributed by atoms with van der Waals surface area (Å²) >= 11 is 0. The molecule has 0 amide bonds. The fraction of sp³-hybridized carbons (Fsp3) is 0.176. The molecule has 1 aliphatic rings. The van der Waals surface area contributed by atoms with Gasteiger partial charge in [-0.3, -0.25) is 0 Å². The smallest absolute Gasteiger partial charge is 0.142 e. The zero-order valence-electron chi connectivity index (χ0n) is 11.3. The molecule has 0 saturated heterocycles. The van der Waals surface area contributed by atoms with Crippen molar-refractivity contribution in [2.45, 2.75) is 6.04 Å². The lowest BCUT2D eigenvalue weighted by Gasteiger charge is -2.27. The molecule has 3 aromatic rings. The van der Waals surface area contributed by atoms with Crippen LogP contribution in [0.15, 0.2) is 54.7 Å². The second-order valence-corrected chi connectivity index (χ2v) is 5.22. The van der Waals surface area contributed by atoms with Gasteiger partial charge in [0.25, 0.3) is 0 Å². The molecule has 1 unspecified atom stereocenters. The van der Waals surface area contributed by atoms with Gasteiger partial charge in [-0.25, -0.2) is 0 Å². The number of para-hydroxylation sites is 3. The molecule has 3 nitrogen and oxygen atoms in total. The summed E-state index contributed by atoms with van der Waals surface area (Å²) in [5, 5.41) is 4.87. The van der Waals surface area contributed by atoms with Gasteiger partial charge in [0.1, 0.15) is 12.4 Å². The lowest BCUT2D eigenvalue weighted by Crippen LogP contribution is -2.23. The number of aryl methyl sites for hydroxylation is 1. The van der Waals surface area contributed by atoms with Crippen molar-refractivity contribution >= 4 is 16.6 Å². The zero-order valence-corrected chi connectivity index (χ0v) is 11.3. The van der Waals surface area contributed by atoms with Gasteiger partial charge in [-0.2, -0.15) is 0 Å². The molecule has 1 N–H and O–H groups in total. The first kappa shape index (κ1) is 11.4. The van der Waals surface area contributed by atoms with E-state index in [9.17, 15) is 0 Å². The molecule has 0 fully saturated rings. The highest BCUT2D eigenvalue weighted by Crippen LogP contribution is 2.35. The molecule has 3 heteroatoms. The average molecular weight is 264 g/mol. The highest BCUT2D eigenvalue weighted by atomic mass is 16.5. The Morgan fingerprint density at radius 1 is 1.10 bits per heavy atom. The van der Waals surface area contributed by atoms with Gasteiger partial charge in [0, 0.05) is 29.7 Å². The summed E-state index contributed by atoms with van der Waals surface area (Å²) in [7, 11) is 2.09. The molecule has 0 saturated carbocycles. The van der Waals surface area contributed by atoms with Crippen molar-refractivity contribution in [2.75, 3.05) is 11.9 Å². The third kappa shape index (κ3) is 1.67. The summed E-state index contributed by atoms with van der Waals surface area (Å²) in [5.41, 5.74) is 3.61. The molecular formula is C17H16N2O. The van der Waals surface area contributed by atoms with Gasteiger partial charge in [0.2, 0.25) is 0 Å². The van der Waals surface area contributed by atoms with Crippen molar-refractivity contribution in [1.82, 2.24) is 4.57 Å². The maximum Gasteiger partial charge on any atom is 0.142 e. The summed E-state index contributed by atoms with van der Waals surface area (Å²) in [6.07, 6.45) is 2.19. The number of rotatable bonds is 1. The van der Waals surface area contributed by atoms with Crippen LogP contribution in [-0.2, 0) is 7.05 Å². The van der Waals surface area contributed by atoms with Crippen LogP contribution in [0, 0.1) is 0 Å². The SMILES string of the molecule is Cn1cc(C2COc3ccccc3N2)c2ccccc21. The third-order valence-electron chi connectivity index (χ3n) is 3.93. The number of fused-ring (bicyclic) bond motifs is 2. The first-order valence-corrected chi connectivity index (χ1v) is 6.85. The quantitative estimate of drug-likeness (QED) is 0.725. The number of anilines is 1. The van der Waals surface area contributed by atoms with Crippen LogP contribution in [0.3, 0.4) is 0 Å². The second kappa shape index (κ2) is 4.30. The summed E-state index contributed by atoms with van der Waals surface area (Å²) in [5.74, 6) is 0.934. The maximum absolute atomic E-state index is 5.88. The van der Waals surface area contributed by atoms with E-state index in [2.05, 4.69) is 53.5 Å². The van der Waals surface area contributed by atoms with Crippen molar-refractivity contribution in [3.05, 3.63) is 60.3 Å². The Bertz CT molecular complexity index is 776. The Kier molecular flexibility index (Phi) is 2.46. The molecular weight excluding hydrogens is 248 g/mol. The predicted octanol–water partition coefficient (Wildman–Crippen LogP) is 3.72. The van der Waals surface area contributed by atoms with Crippen molar-refractivity contribution in [1.29, 1.82) is 0 Å². The standard InChI is InChI=1S/C17H16N2O/c1-19-10-13(12-6-2-4-8-16(12)19)15-11-20-17-9-5-3-7-14(17)18-15/h2-10,15,18H,11H2,1H3. The van der Waals surface area contributed by atoms with Crippen molar-refractivity contribution in [3.8, 4) is 5.75 Å². The van der Waals surface area contributed by atoms with Gasteiger partial charge < -0.3 is 14.6 Å². The number of ether oxygens (including phenoxy) is 1. The van der Waals surface area contributed by atoms with Crippen LogP contribution in [-0.4, -0.2) is 11.2 Å². The summed E-state index contributed by atoms with van der Waals surface area (Å²) < 4.78 is 8.05. The van der Waals surface area contributed by atoms with Crippen LogP contribution in [0.5, 0.6) is 5.75 Å². The molecule has 4 rings (SSSR count). The van der Waals surface area contributed by atoms with Crippen molar-refractivity contribution < 1.29 is 4.74 Å². The predicted molar refractivity (Wildman–Crippen MR) is 81.2 cm³/mol. The maximum atomic E-state index is 5.88. The van der Waals surface area contributed by atoms with Gasteiger partial charge in [0.15, 0.2) is 0 Å². The molecule has 2 aromatic carbocycles. The normalized spacial score (nSPS) is 17.4. The highest BCUT2D eigenvalue weighted by Gasteiger charge is 2.22. The van der Waals surface area contributed by atoms with E-state index in [-0.39, 0.29) is 6.04 Å². The lowest BCUT2D eigenvalue weighted by atomic mass is 10.0. The Labute approximate surface area is 117 Å². The number of benzene rings is 2. The van der Waals surface area contributed by atoms with Crippen LogP contribution in [0.25, 0.3) is 10.9 Å². The summed E-state index contributed by atoms with van der Waals surface area (Å²) in [6.45, 7) is 0.658. The Morgan fingerprint density at radius 2 is 1.90 bits per heavy atom. The van der Waals surface area contributed by atoms with Gasteiger partial charge in [-0.1, -0.05) is 30.3 Å². The molecule has 0 radical (unpaired) electrons. The zero-order chi connectivity index (χ0) is 13.5. The second-order valence-electron chi connectivity index (χ2n) is 5.22. The Hall–Kier alpha value is -2.42. The monoisotopic (exact) mass is 264 g/mol. The Balaban J connectivity index is 1.78. The number of hydrogen-bond donors (Lipinski definition) is 1. The van der Waals surface area contributed by atoms with Crippen molar-refractivity contribution in [3.63, 3.8) is 0 Å². The van der Waals surface area contributed by atoms with E-state index in [1.54, 1.807) is 0 Å². The van der Waals surface area contributed by atoms with E-state index in [4.69, 9.17) is 4.74 Å². The average Bonchev–Trinajstić information content (AvgIpc) is 2.85. The third-order valence-corrected chi connectivity index (χ3v) is 3.93. The molecule has 1 aliphatic heterocycles. The minimum Gasteiger partial charge on any atom is -0.489 e. The number of nitrogens with one attached hydrogen (secondary N) is 1. The minimum absolute atomic E-state index is 0.191. The molecule has 1 aromatic heterocycles. The number of hydrogen-bond acceptors (Lipinski definition) is 2. The van der Waals surface area contributed by atoms with E-state index in [0.29, 0.717) is 6.61 Å². The number of aromatic nitrogens is 1. The van der Waals surface area contributed by atoms with E-state index in [0.717, 1.165) is 11.4 Å². The topological polar surface area (TPSA) is 26.2 Å². The van der Waals surface area contributed by atoms with Crippen LogP contribution in [0.4, 0.5) is 5.69 Å². The van der Waals surface area contributed by atoms with Crippen molar-refractivity contribution in [2.24, 2.45) is 7.05 Å². The van der Waals surface area contributed by atoms with E-state index < -0.39 is 0 Å². The van der Waals surface area contributed by atoms with Gasteiger partial charge >= 0.3 is 0 Å². The van der Waals surface area contributed by atoms with E-state index in [1.807, 2.05) is 18.2 Å². The summed E-state index contributed by atoms with van der Waals surface area (Å²) in [6, 6.07) is 16.8. The molecule has 2 heterocycles. The molecule has 0 aliphatic carbocycles. The van der Waals surface area contributed by atoms with Crippen LogP contribution in [0.2, 0.25) is 0 Å². The molecule has 0 spiro atoms. The summed E-state index contributed by atoms with van der Waals surface area (Å²) in [4.78, 5) is 0. The van der Waals surface area contributed by atoms with Crippen LogP contribution in [0.1, 0.15) is 11.6 Å². The fourth-order valence-corrected chi connectivity index (χ4v) is 2.93.